The van der Waals surface area contributed by atoms with Crippen LogP contribution in [-0.2, 0) is 4.79 Å². The Hall–Kier alpha value is -2.25. The van der Waals surface area contributed by atoms with Gasteiger partial charge in [-0.25, -0.2) is 4.39 Å². The van der Waals surface area contributed by atoms with Gasteiger partial charge >= 0.3 is 0 Å². The molecular formula is C19H17FN2O2S2. The molecule has 0 N–H and O–H groups in total. The second kappa shape index (κ2) is 7.55. The van der Waals surface area contributed by atoms with Crippen molar-refractivity contribution in [2.45, 2.75) is 18.9 Å². The van der Waals surface area contributed by atoms with Crippen LogP contribution in [0.25, 0.3) is 16.3 Å². The van der Waals surface area contributed by atoms with Crippen LogP contribution in [0.2, 0.25) is 0 Å². The number of rotatable bonds is 4. The lowest BCUT2D eigenvalue weighted by molar-refractivity contribution is -0.127. The summed E-state index contributed by atoms with van der Waals surface area (Å²) in [4.78, 5) is 19.4. The smallest absolute Gasteiger partial charge is 0.274 e. The number of aromatic nitrogens is 1. The average molecular weight is 388 g/mol. The lowest BCUT2D eigenvalue weighted by Gasteiger charge is -2.30. The van der Waals surface area contributed by atoms with Gasteiger partial charge in [-0.2, -0.15) is 4.98 Å². The summed E-state index contributed by atoms with van der Waals surface area (Å²) in [5.74, 6) is -0.301. The summed E-state index contributed by atoms with van der Waals surface area (Å²) in [6.07, 6.45) is 4.98. The number of thiazole rings is 1. The van der Waals surface area contributed by atoms with Crippen LogP contribution in [0.15, 0.2) is 41.8 Å². The van der Waals surface area contributed by atoms with E-state index in [1.807, 2.05) is 34.6 Å². The van der Waals surface area contributed by atoms with E-state index in [0.717, 1.165) is 22.4 Å². The van der Waals surface area contributed by atoms with E-state index in [1.54, 1.807) is 23.5 Å². The largest absolute Gasteiger partial charge is 0.467 e. The quantitative estimate of drug-likeness (QED) is 0.615. The molecule has 26 heavy (non-hydrogen) atoms. The molecule has 0 aliphatic carbocycles. The van der Waals surface area contributed by atoms with Gasteiger partial charge in [0.25, 0.3) is 5.19 Å². The van der Waals surface area contributed by atoms with Crippen LogP contribution < -0.4 is 4.74 Å². The maximum atomic E-state index is 13.7. The molecule has 1 amide bonds. The average Bonchev–Trinajstić information content (AvgIpc) is 3.30. The number of ether oxygens (including phenoxy) is 1. The molecule has 3 heterocycles. The molecule has 0 saturated carbocycles. The van der Waals surface area contributed by atoms with Crippen molar-refractivity contribution < 1.29 is 13.9 Å². The van der Waals surface area contributed by atoms with Crippen molar-refractivity contribution in [1.29, 1.82) is 0 Å². The number of hydrogen-bond donors (Lipinski definition) is 0. The maximum Gasteiger partial charge on any atom is 0.274 e. The van der Waals surface area contributed by atoms with Crippen LogP contribution in [0.4, 0.5) is 4.39 Å². The molecule has 1 fully saturated rings. The fourth-order valence-corrected chi connectivity index (χ4v) is 4.44. The van der Waals surface area contributed by atoms with Gasteiger partial charge in [-0.1, -0.05) is 23.5 Å². The van der Waals surface area contributed by atoms with Crippen LogP contribution >= 0.6 is 22.7 Å². The van der Waals surface area contributed by atoms with Crippen LogP contribution in [0, 0.1) is 5.82 Å². The van der Waals surface area contributed by atoms with E-state index < -0.39 is 0 Å². The molecule has 0 spiro atoms. The molecule has 1 aliphatic heterocycles. The SMILES string of the molecule is O=C(/C=C/c1cccs1)N1CCC(Oc2nc3c(F)cccc3s2)CC1. The van der Waals surface area contributed by atoms with Gasteiger partial charge < -0.3 is 9.64 Å². The zero-order valence-electron chi connectivity index (χ0n) is 13.9. The molecule has 1 aliphatic rings. The standard InChI is InChI=1S/C19H17FN2O2S2/c20-15-4-1-5-16-18(15)21-19(26-16)24-13-8-10-22(11-9-13)17(23)7-6-14-3-2-12-25-14/h1-7,12-13H,8-11H2/b7-6+. The Balaban J connectivity index is 1.33. The predicted molar refractivity (Wildman–Crippen MR) is 103 cm³/mol. The van der Waals surface area contributed by atoms with E-state index in [4.69, 9.17) is 4.74 Å². The molecule has 0 bridgehead atoms. The summed E-state index contributed by atoms with van der Waals surface area (Å²) < 4.78 is 20.4. The molecule has 2 aromatic heterocycles. The van der Waals surface area contributed by atoms with Crippen LogP contribution in [0.1, 0.15) is 17.7 Å². The van der Waals surface area contributed by atoms with Crippen molar-refractivity contribution in [3.8, 4) is 5.19 Å². The maximum absolute atomic E-state index is 13.7. The van der Waals surface area contributed by atoms with Crippen LogP contribution in [0.5, 0.6) is 5.19 Å². The van der Waals surface area contributed by atoms with E-state index >= 15 is 0 Å². The molecule has 1 aromatic carbocycles. The van der Waals surface area contributed by atoms with E-state index in [1.165, 1.54) is 17.4 Å². The Labute approximate surface area is 158 Å². The summed E-state index contributed by atoms with van der Waals surface area (Å²) in [5, 5.41) is 2.48. The first-order chi connectivity index (χ1) is 12.7. The number of benzene rings is 1. The topological polar surface area (TPSA) is 42.4 Å². The summed E-state index contributed by atoms with van der Waals surface area (Å²) >= 11 is 2.96. The minimum absolute atomic E-state index is 0.00366. The number of carbonyl (C=O) groups excluding carboxylic acids is 1. The number of piperidine rings is 1. The number of hydrogen-bond acceptors (Lipinski definition) is 5. The highest BCUT2D eigenvalue weighted by Gasteiger charge is 2.24. The monoisotopic (exact) mass is 388 g/mol. The van der Waals surface area contributed by atoms with Gasteiger partial charge in [0.05, 0.1) is 4.70 Å². The summed E-state index contributed by atoms with van der Waals surface area (Å²) in [5.41, 5.74) is 0.360. The van der Waals surface area contributed by atoms with Gasteiger partial charge in [0.2, 0.25) is 5.91 Å². The Morgan fingerprint density at radius 3 is 2.85 bits per heavy atom. The molecule has 0 unspecified atom stereocenters. The number of likely N-dealkylation sites (tertiary alicyclic amines) is 1. The highest BCUT2D eigenvalue weighted by atomic mass is 32.1. The Morgan fingerprint density at radius 1 is 1.27 bits per heavy atom. The number of para-hydroxylation sites is 1. The zero-order valence-corrected chi connectivity index (χ0v) is 15.6. The number of halogens is 1. The summed E-state index contributed by atoms with van der Waals surface area (Å²) in [6, 6.07) is 8.86. The zero-order chi connectivity index (χ0) is 17.9. The number of nitrogens with zero attached hydrogens (tertiary/aromatic N) is 2. The van der Waals surface area contributed by atoms with E-state index in [0.29, 0.717) is 23.8 Å². The van der Waals surface area contributed by atoms with Gasteiger partial charge in [-0.3, -0.25) is 4.79 Å². The highest BCUT2D eigenvalue weighted by molar-refractivity contribution is 7.20. The first kappa shape index (κ1) is 17.2. The van der Waals surface area contributed by atoms with Crippen LogP contribution in [-0.4, -0.2) is 35.0 Å². The lowest BCUT2D eigenvalue weighted by Crippen LogP contribution is -2.41. The third-order valence-electron chi connectivity index (χ3n) is 4.30. The highest BCUT2D eigenvalue weighted by Crippen LogP contribution is 2.31. The third kappa shape index (κ3) is 3.78. The minimum Gasteiger partial charge on any atom is -0.467 e. The molecule has 4 rings (SSSR count). The molecule has 1 saturated heterocycles. The van der Waals surface area contributed by atoms with Crippen molar-refractivity contribution in [2.24, 2.45) is 0 Å². The van der Waals surface area contributed by atoms with Crippen LogP contribution in [0.3, 0.4) is 0 Å². The van der Waals surface area contributed by atoms with Gasteiger partial charge in [0.1, 0.15) is 17.4 Å². The molecule has 0 radical (unpaired) electrons. The number of thiophene rings is 1. The summed E-state index contributed by atoms with van der Waals surface area (Å²) in [6.45, 7) is 1.30. The summed E-state index contributed by atoms with van der Waals surface area (Å²) in [7, 11) is 0. The molecule has 3 aromatic rings. The van der Waals surface area contributed by atoms with E-state index in [2.05, 4.69) is 4.98 Å². The Bertz CT molecular complexity index is 928. The normalized spacial score (nSPS) is 15.8. The number of amides is 1. The molecule has 134 valence electrons. The molecule has 4 nitrogen and oxygen atoms in total. The molecule has 7 heteroatoms. The van der Waals surface area contributed by atoms with E-state index in [-0.39, 0.29) is 17.8 Å². The first-order valence-electron chi connectivity index (χ1n) is 8.41. The Kier molecular flexibility index (Phi) is 4.99. The second-order valence-corrected chi connectivity index (χ2v) is 8.03. The lowest BCUT2D eigenvalue weighted by atomic mass is 10.1. The van der Waals surface area contributed by atoms with Gasteiger partial charge in [0.15, 0.2) is 0 Å². The van der Waals surface area contributed by atoms with Gasteiger partial charge in [-0.15, -0.1) is 11.3 Å². The third-order valence-corrected chi connectivity index (χ3v) is 6.05. The van der Waals surface area contributed by atoms with Gasteiger partial charge in [0, 0.05) is 36.9 Å². The van der Waals surface area contributed by atoms with Crippen molar-refractivity contribution in [3.05, 3.63) is 52.5 Å². The molecular weight excluding hydrogens is 371 g/mol. The molecule has 0 atom stereocenters. The Morgan fingerprint density at radius 2 is 2.12 bits per heavy atom. The van der Waals surface area contributed by atoms with Crippen molar-refractivity contribution in [1.82, 2.24) is 9.88 Å². The fourth-order valence-electron chi connectivity index (χ4n) is 2.93. The minimum atomic E-state index is -0.327. The second-order valence-electron chi connectivity index (χ2n) is 6.06. The number of fused-ring (bicyclic) bond motifs is 1. The van der Waals surface area contributed by atoms with Crippen molar-refractivity contribution in [2.75, 3.05) is 13.1 Å². The predicted octanol–water partition coefficient (Wildman–Crippen LogP) is 4.58. The number of carbonyl (C=O) groups is 1. The van der Waals surface area contributed by atoms with E-state index in [9.17, 15) is 9.18 Å². The fraction of sp³-hybridized carbons (Fsp3) is 0.263. The van der Waals surface area contributed by atoms with Crippen molar-refractivity contribution in [3.63, 3.8) is 0 Å². The van der Waals surface area contributed by atoms with Gasteiger partial charge in [-0.05, 0) is 29.7 Å². The first-order valence-corrected chi connectivity index (χ1v) is 10.1. The van der Waals surface area contributed by atoms with Crippen molar-refractivity contribution >= 4 is 44.9 Å².